The van der Waals surface area contributed by atoms with Crippen molar-refractivity contribution < 1.29 is 23.9 Å². The van der Waals surface area contributed by atoms with E-state index in [4.69, 9.17) is 27.9 Å². The van der Waals surface area contributed by atoms with Crippen molar-refractivity contribution in [3.05, 3.63) is 86.7 Å². The zero-order valence-corrected chi connectivity index (χ0v) is 21.1. The number of halogens is 2. The fraction of sp³-hybridized carbons (Fsp3) is 0.154. The van der Waals surface area contributed by atoms with Gasteiger partial charge in [0.2, 0.25) is 0 Å². The molecule has 0 bridgehead atoms. The van der Waals surface area contributed by atoms with E-state index in [0.717, 1.165) is 22.0 Å². The summed E-state index contributed by atoms with van der Waals surface area (Å²) in [6.45, 7) is 5.74. The van der Waals surface area contributed by atoms with Gasteiger partial charge in [-0.2, -0.15) is 0 Å². The molecule has 0 aliphatic carbocycles. The van der Waals surface area contributed by atoms with Gasteiger partial charge in [-0.05, 0) is 80.9 Å². The Balaban J connectivity index is 1.71. The molecule has 1 fully saturated rings. The van der Waals surface area contributed by atoms with Crippen LogP contribution in [0.1, 0.15) is 34.2 Å². The van der Waals surface area contributed by atoms with Gasteiger partial charge in [0.05, 0.1) is 22.9 Å². The highest BCUT2D eigenvalue weighted by Gasteiger charge is 2.38. The summed E-state index contributed by atoms with van der Waals surface area (Å²) in [6.07, 6.45) is 1.44. The smallest absolute Gasteiger partial charge is 0.338 e. The number of benzene rings is 2. The molecule has 1 N–H and O–H groups in total. The van der Waals surface area contributed by atoms with Crippen molar-refractivity contribution in [1.82, 2.24) is 9.88 Å². The number of imide groups is 2. The number of urea groups is 1. The monoisotopic (exact) mass is 525 g/mol. The minimum Gasteiger partial charge on any atom is -0.462 e. The Labute approximate surface area is 217 Å². The second-order valence-electron chi connectivity index (χ2n) is 7.98. The molecule has 4 rings (SSSR count). The highest BCUT2D eigenvalue weighted by atomic mass is 35.5. The van der Waals surface area contributed by atoms with Crippen molar-refractivity contribution in [2.75, 3.05) is 11.5 Å². The molecule has 1 aromatic heterocycles. The molecule has 0 saturated carbocycles. The predicted molar refractivity (Wildman–Crippen MR) is 137 cm³/mol. The van der Waals surface area contributed by atoms with Crippen LogP contribution in [-0.4, -0.2) is 35.0 Å². The minimum atomic E-state index is -0.904. The number of nitrogens with one attached hydrogen (secondary N) is 1. The van der Waals surface area contributed by atoms with Crippen LogP contribution in [0.5, 0.6) is 0 Å². The van der Waals surface area contributed by atoms with E-state index in [1.165, 1.54) is 24.3 Å². The summed E-state index contributed by atoms with van der Waals surface area (Å²) in [6, 6.07) is 12.1. The number of anilines is 1. The first-order valence-electron chi connectivity index (χ1n) is 11.0. The molecule has 8 nitrogen and oxygen atoms in total. The number of ether oxygens (including phenoxy) is 1. The van der Waals surface area contributed by atoms with E-state index in [1.807, 2.05) is 24.5 Å². The summed E-state index contributed by atoms with van der Waals surface area (Å²) in [5, 5.41) is 2.61. The highest BCUT2D eigenvalue weighted by Crippen LogP contribution is 2.32. The fourth-order valence-electron chi connectivity index (χ4n) is 3.99. The molecule has 1 saturated heterocycles. The number of hydrogen-bond donors (Lipinski definition) is 1. The lowest BCUT2D eigenvalue weighted by atomic mass is 10.1. The summed E-state index contributed by atoms with van der Waals surface area (Å²) in [4.78, 5) is 51.1. The summed E-state index contributed by atoms with van der Waals surface area (Å²) in [7, 11) is 0. The molecule has 0 unspecified atom stereocenters. The maximum atomic E-state index is 13.2. The lowest BCUT2D eigenvalue weighted by Gasteiger charge is -2.27. The van der Waals surface area contributed by atoms with E-state index < -0.39 is 23.8 Å². The van der Waals surface area contributed by atoms with E-state index >= 15 is 0 Å². The van der Waals surface area contributed by atoms with Crippen molar-refractivity contribution in [3.63, 3.8) is 0 Å². The van der Waals surface area contributed by atoms with E-state index in [9.17, 15) is 19.2 Å². The average Bonchev–Trinajstić information content (AvgIpc) is 3.10. The van der Waals surface area contributed by atoms with E-state index in [0.29, 0.717) is 16.1 Å². The molecule has 2 aromatic carbocycles. The summed E-state index contributed by atoms with van der Waals surface area (Å²) in [5.74, 6) is -2.02. The third kappa shape index (κ3) is 4.65. The Hall–Kier alpha value is -3.88. The second kappa shape index (κ2) is 10.0. The first kappa shape index (κ1) is 25.2. The molecule has 1 aliphatic rings. The van der Waals surface area contributed by atoms with Crippen LogP contribution in [0.2, 0.25) is 10.0 Å². The molecular formula is C26H21Cl2N3O5. The number of aryl methyl sites for hydroxylation is 1. The van der Waals surface area contributed by atoms with E-state index in [2.05, 4.69) is 5.32 Å². The molecule has 36 heavy (non-hydrogen) atoms. The molecule has 4 amide bonds. The largest absolute Gasteiger partial charge is 0.462 e. The van der Waals surface area contributed by atoms with Gasteiger partial charge in [-0.15, -0.1) is 0 Å². The molecule has 1 aliphatic heterocycles. The first-order valence-corrected chi connectivity index (χ1v) is 11.7. The number of rotatable bonds is 5. The normalized spacial score (nSPS) is 14.9. The Kier molecular flexibility index (Phi) is 7.01. The van der Waals surface area contributed by atoms with Gasteiger partial charge in [-0.25, -0.2) is 14.5 Å². The maximum absolute atomic E-state index is 13.2. The van der Waals surface area contributed by atoms with Gasteiger partial charge in [0, 0.05) is 22.1 Å². The number of esters is 1. The molecule has 10 heteroatoms. The molecule has 2 heterocycles. The van der Waals surface area contributed by atoms with Crippen molar-refractivity contribution in [2.45, 2.75) is 20.8 Å². The Bertz CT molecular complexity index is 1440. The van der Waals surface area contributed by atoms with Crippen LogP contribution < -0.4 is 10.2 Å². The average molecular weight is 526 g/mol. The highest BCUT2D eigenvalue weighted by molar-refractivity contribution is 6.42. The third-order valence-corrected chi connectivity index (χ3v) is 6.20. The first-order chi connectivity index (χ1) is 17.1. The zero-order valence-electron chi connectivity index (χ0n) is 19.6. The Morgan fingerprint density at radius 2 is 1.72 bits per heavy atom. The molecular weight excluding hydrogens is 505 g/mol. The number of nitrogens with zero attached hydrogens (tertiary/aromatic N) is 2. The van der Waals surface area contributed by atoms with Crippen LogP contribution in [0, 0.1) is 13.8 Å². The topological polar surface area (TPSA) is 97.7 Å². The minimum absolute atomic E-state index is 0.0872. The zero-order chi connectivity index (χ0) is 26.1. The van der Waals surface area contributed by atoms with Crippen LogP contribution in [0.15, 0.2) is 54.1 Å². The molecule has 3 aromatic rings. The van der Waals surface area contributed by atoms with Crippen molar-refractivity contribution in [1.29, 1.82) is 0 Å². The molecule has 184 valence electrons. The van der Waals surface area contributed by atoms with Crippen LogP contribution >= 0.6 is 23.2 Å². The van der Waals surface area contributed by atoms with Gasteiger partial charge in [-0.1, -0.05) is 23.2 Å². The number of barbiturate groups is 1. The number of carbonyl (C=O) groups is 4. The number of amides is 4. The summed E-state index contributed by atoms with van der Waals surface area (Å²) in [5.41, 5.74) is 3.29. The quantitative estimate of drug-likeness (QED) is 0.279. The SMILES string of the molecule is CCOC(=O)c1ccc(-n2c(C)cc(/C=C3\C(=O)NC(=O)N(c4ccc(Cl)cc4Cl)C3=O)c2C)cc1. The standard InChI is InChI=1S/C26H21Cl2N3O5/c1-4-36-25(34)16-5-8-19(9-6-16)30-14(2)11-17(15(30)3)12-20-23(32)29-26(35)31(24(20)33)22-10-7-18(27)13-21(22)28/h5-13H,4H2,1-3H3,(H,29,32,35)/b20-12+. The fourth-order valence-corrected chi connectivity index (χ4v) is 4.48. The van der Waals surface area contributed by atoms with Gasteiger partial charge in [0.1, 0.15) is 5.57 Å². The van der Waals surface area contributed by atoms with Crippen LogP contribution in [0.3, 0.4) is 0 Å². The molecule has 0 radical (unpaired) electrons. The van der Waals surface area contributed by atoms with Crippen molar-refractivity contribution >= 4 is 58.8 Å². The van der Waals surface area contributed by atoms with E-state index in [1.54, 1.807) is 31.2 Å². The van der Waals surface area contributed by atoms with E-state index in [-0.39, 0.29) is 22.9 Å². The van der Waals surface area contributed by atoms with Gasteiger partial charge in [0.15, 0.2) is 0 Å². The number of carbonyl (C=O) groups excluding carboxylic acids is 4. The van der Waals surface area contributed by atoms with Gasteiger partial charge in [-0.3, -0.25) is 14.9 Å². The number of aromatic nitrogens is 1. The Morgan fingerprint density at radius 1 is 1.03 bits per heavy atom. The Morgan fingerprint density at radius 3 is 2.36 bits per heavy atom. The maximum Gasteiger partial charge on any atom is 0.338 e. The molecule has 0 spiro atoms. The van der Waals surface area contributed by atoms with Gasteiger partial charge in [0.25, 0.3) is 11.8 Å². The van der Waals surface area contributed by atoms with Gasteiger partial charge >= 0.3 is 12.0 Å². The summed E-state index contributed by atoms with van der Waals surface area (Å²) >= 11 is 12.1. The predicted octanol–water partition coefficient (Wildman–Crippen LogP) is 5.24. The lowest BCUT2D eigenvalue weighted by molar-refractivity contribution is -0.122. The van der Waals surface area contributed by atoms with Crippen molar-refractivity contribution in [3.8, 4) is 5.69 Å². The van der Waals surface area contributed by atoms with Crippen LogP contribution in [-0.2, 0) is 14.3 Å². The number of hydrogen-bond acceptors (Lipinski definition) is 5. The molecule has 0 atom stereocenters. The second-order valence-corrected chi connectivity index (χ2v) is 8.83. The summed E-state index contributed by atoms with van der Waals surface area (Å²) < 4.78 is 6.95. The van der Waals surface area contributed by atoms with Crippen LogP contribution in [0.25, 0.3) is 11.8 Å². The third-order valence-electron chi connectivity index (χ3n) is 5.66. The lowest BCUT2D eigenvalue weighted by Crippen LogP contribution is -2.54. The van der Waals surface area contributed by atoms with Crippen molar-refractivity contribution in [2.24, 2.45) is 0 Å². The van der Waals surface area contributed by atoms with Gasteiger partial charge < -0.3 is 9.30 Å². The van der Waals surface area contributed by atoms with Crippen LogP contribution in [0.4, 0.5) is 10.5 Å².